The maximum Gasteiger partial charge on any atom is 0.115 e. The highest BCUT2D eigenvalue weighted by Gasteiger charge is 2.43. The normalized spacial score (nSPS) is 9.76. The van der Waals surface area contributed by atoms with E-state index in [0.29, 0.717) is 0 Å². The Hall–Kier alpha value is -0.780. The van der Waals surface area contributed by atoms with E-state index < -0.39 is 7.26 Å². The molecule has 1 atom stereocenters. The van der Waals surface area contributed by atoms with Gasteiger partial charge in [-0.2, -0.15) is 9.90 Å². The highest BCUT2D eigenvalue weighted by molar-refractivity contribution is 8.93. The van der Waals surface area contributed by atoms with E-state index in [1.54, 1.807) is 0 Å². The summed E-state index contributed by atoms with van der Waals surface area (Å²) in [5, 5.41) is 4.23. The first-order valence-corrected chi connectivity index (χ1v) is 9.51. The molecule has 0 spiro atoms. The van der Waals surface area contributed by atoms with Gasteiger partial charge < -0.3 is 17.0 Å². The van der Waals surface area contributed by atoms with E-state index in [4.69, 9.17) is 0 Å². The van der Waals surface area contributed by atoms with Crippen LogP contribution in [0, 0.1) is 0 Å². The Morgan fingerprint density at radius 3 is 1.16 bits per heavy atom. The first-order valence-electron chi connectivity index (χ1n) is 7.54. The van der Waals surface area contributed by atoms with Gasteiger partial charge in [-0.05, 0) is 36.4 Å². The van der Waals surface area contributed by atoms with E-state index in [1.807, 2.05) is 0 Å². The number of rotatable bonds is 5. The third kappa shape index (κ3) is 5.11. The van der Waals surface area contributed by atoms with Crippen molar-refractivity contribution < 1.29 is 17.0 Å². The average molecular weight is 498 g/mol. The molecule has 0 bridgehead atoms. The molecule has 0 N–H and O–H groups in total. The van der Waals surface area contributed by atoms with Gasteiger partial charge in [0, 0.05) is 0 Å². The van der Waals surface area contributed by atoms with Gasteiger partial charge in [0.25, 0.3) is 0 Å². The molecule has 3 aromatic rings. The van der Waals surface area contributed by atoms with Crippen molar-refractivity contribution in [1.82, 2.24) is 0 Å². The Bertz CT molecular complexity index is 635. The molecule has 0 amide bonds. The number of halogens is 2. The standard InChI is InChI=1S/C21H20P.2BrH.H3P/c1-2-18-22(19-12-6-3-7-13-19,20-14-8-4-9-15-20)21-16-10-5-11-17-21;;;/h2-17H,1,18H2;2*1H;1H3/q+1;;;/p-1. The molecule has 3 aromatic carbocycles. The Balaban J connectivity index is 0.00000192. The summed E-state index contributed by atoms with van der Waals surface area (Å²) < 4.78 is 0. The second-order valence-corrected chi connectivity index (χ2v) is 8.82. The fourth-order valence-electron chi connectivity index (χ4n) is 3.00. The molecule has 3 rings (SSSR count). The van der Waals surface area contributed by atoms with Gasteiger partial charge in [-0.25, -0.2) is 0 Å². The maximum absolute atomic E-state index is 4.05. The van der Waals surface area contributed by atoms with Crippen LogP contribution in [0.4, 0.5) is 0 Å². The largest absolute Gasteiger partial charge is 1.00 e. The molecular formula is C21H24Br2P2. The number of hydrogen-bond acceptors (Lipinski definition) is 0. The summed E-state index contributed by atoms with van der Waals surface area (Å²) in [6.45, 7) is 4.05. The molecule has 132 valence electrons. The summed E-state index contributed by atoms with van der Waals surface area (Å²) in [5.41, 5.74) is 0. The number of benzene rings is 3. The van der Waals surface area contributed by atoms with Crippen LogP contribution in [-0.4, -0.2) is 6.16 Å². The minimum absolute atomic E-state index is 0. The van der Waals surface area contributed by atoms with Gasteiger partial charge in [0.1, 0.15) is 23.2 Å². The Morgan fingerprint density at radius 1 is 0.640 bits per heavy atom. The summed E-state index contributed by atoms with van der Waals surface area (Å²) >= 11 is 0. The zero-order valence-electron chi connectivity index (χ0n) is 14.1. The molecule has 1 unspecified atom stereocenters. The quantitative estimate of drug-likeness (QED) is 0.372. The van der Waals surface area contributed by atoms with Crippen LogP contribution in [-0.2, 0) is 0 Å². The fraction of sp³-hybridized carbons (Fsp3) is 0.0476. The lowest BCUT2D eigenvalue weighted by molar-refractivity contribution is -0.00000450. The molecule has 0 saturated heterocycles. The van der Waals surface area contributed by atoms with Gasteiger partial charge >= 0.3 is 0 Å². The van der Waals surface area contributed by atoms with Gasteiger partial charge in [0.05, 0.1) is 6.16 Å². The molecular weight excluding hydrogens is 474 g/mol. The third-order valence-corrected chi connectivity index (χ3v) is 8.34. The molecule has 0 fully saturated rings. The lowest BCUT2D eigenvalue weighted by Crippen LogP contribution is -3.00. The monoisotopic (exact) mass is 496 g/mol. The zero-order valence-corrected chi connectivity index (χ0v) is 19.7. The van der Waals surface area contributed by atoms with Gasteiger partial charge in [0.2, 0.25) is 0 Å². The molecule has 0 heterocycles. The van der Waals surface area contributed by atoms with Crippen LogP contribution in [0.2, 0.25) is 0 Å². The van der Waals surface area contributed by atoms with Crippen LogP contribution >= 0.6 is 34.1 Å². The van der Waals surface area contributed by atoms with Crippen LogP contribution in [0.1, 0.15) is 0 Å². The van der Waals surface area contributed by atoms with Gasteiger partial charge in [0.15, 0.2) is 0 Å². The predicted octanol–water partition coefficient (Wildman–Crippen LogP) is 1.81. The Labute approximate surface area is 176 Å². The Morgan fingerprint density at radius 2 is 0.920 bits per heavy atom. The number of allylic oxidation sites excluding steroid dienone is 1. The molecule has 0 nitrogen and oxygen atoms in total. The molecule has 0 radical (unpaired) electrons. The SMILES string of the molecule is Br.C=CC[P+](c1ccccc1)(c1ccccc1)c1ccccc1.P.[Br-]. The smallest absolute Gasteiger partial charge is 0.115 e. The van der Waals surface area contributed by atoms with E-state index in [-0.39, 0.29) is 43.9 Å². The molecule has 0 aromatic heterocycles. The van der Waals surface area contributed by atoms with E-state index in [9.17, 15) is 0 Å². The fourth-order valence-corrected chi connectivity index (χ4v) is 6.96. The maximum atomic E-state index is 4.05. The summed E-state index contributed by atoms with van der Waals surface area (Å²) in [6, 6.07) is 32.7. The van der Waals surface area contributed by atoms with Crippen molar-refractivity contribution >= 4 is 50.1 Å². The van der Waals surface area contributed by atoms with Crippen molar-refractivity contribution in [3.8, 4) is 0 Å². The first kappa shape index (κ1) is 24.2. The molecule has 25 heavy (non-hydrogen) atoms. The van der Waals surface area contributed by atoms with Crippen molar-refractivity contribution in [2.24, 2.45) is 0 Å². The summed E-state index contributed by atoms with van der Waals surface area (Å²) in [4.78, 5) is 0. The van der Waals surface area contributed by atoms with Crippen molar-refractivity contribution in [2.75, 3.05) is 6.16 Å². The minimum atomic E-state index is -1.67. The van der Waals surface area contributed by atoms with Crippen molar-refractivity contribution in [2.45, 2.75) is 0 Å². The second kappa shape index (κ2) is 11.8. The van der Waals surface area contributed by atoms with Crippen molar-refractivity contribution in [3.63, 3.8) is 0 Å². The lowest BCUT2D eigenvalue weighted by atomic mass is 10.4. The van der Waals surface area contributed by atoms with E-state index in [1.165, 1.54) is 15.9 Å². The van der Waals surface area contributed by atoms with Crippen molar-refractivity contribution in [1.29, 1.82) is 0 Å². The molecule has 0 aliphatic rings. The minimum Gasteiger partial charge on any atom is -1.00 e. The second-order valence-electron chi connectivity index (χ2n) is 5.29. The topological polar surface area (TPSA) is 0 Å². The average Bonchev–Trinajstić information content (AvgIpc) is 2.62. The number of hydrogen-bond donors (Lipinski definition) is 0. The van der Waals surface area contributed by atoms with E-state index in [0.717, 1.165) is 6.16 Å². The molecule has 0 aliphatic heterocycles. The Kier molecular flexibility index (Phi) is 11.4. The summed E-state index contributed by atoms with van der Waals surface area (Å²) in [6.07, 6.45) is 3.05. The van der Waals surface area contributed by atoms with Gasteiger partial charge in [-0.3, -0.25) is 0 Å². The predicted molar refractivity (Wildman–Crippen MR) is 122 cm³/mol. The van der Waals surface area contributed by atoms with E-state index >= 15 is 0 Å². The lowest BCUT2D eigenvalue weighted by Gasteiger charge is -2.26. The van der Waals surface area contributed by atoms with Crippen LogP contribution in [0.3, 0.4) is 0 Å². The van der Waals surface area contributed by atoms with Crippen LogP contribution in [0.15, 0.2) is 104 Å². The summed E-state index contributed by atoms with van der Waals surface area (Å²) in [7, 11) is -1.67. The first-order chi connectivity index (χ1) is 10.9. The summed E-state index contributed by atoms with van der Waals surface area (Å²) in [5.74, 6) is 0. The van der Waals surface area contributed by atoms with Crippen molar-refractivity contribution in [3.05, 3.63) is 104 Å². The molecule has 0 saturated carbocycles. The highest BCUT2D eigenvalue weighted by Crippen LogP contribution is 2.55. The van der Waals surface area contributed by atoms with Gasteiger partial charge in [-0.15, -0.1) is 17.0 Å². The molecule has 4 heteroatoms. The van der Waals surface area contributed by atoms with Gasteiger partial charge in [-0.1, -0.05) is 67.3 Å². The van der Waals surface area contributed by atoms with Crippen LogP contribution in [0.5, 0.6) is 0 Å². The van der Waals surface area contributed by atoms with Crippen LogP contribution < -0.4 is 32.9 Å². The zero-order chi connectivity index (χ0) is 15.3. The highest BCUT2D eigenvalue weighted by atomic mass is 79.9. The van der Waals surface area contributed by atoms with Crippen LogP contribution in [0.25, 0.3) is 0 Å². The third-order valence-electron chi connectivity index (χ3n) is 3.99. The molecule has 0 aliphatic carbocycles. The van der Waals surface area contributed by atoms with E-state index in [2.05, 4.69) is 104 Å².